The molecule has 2 fully saturated rings. The summed E-state index contributed by atoms with van der Waals surface area (Å²) in [7, 11) is 2.03. The molecule has 2 heterocycles. The van der Waals surface area contributed by atoms with Gasteiger partial charge in [0.05, 0.1) is 6.54 Å². The Bertz CT molecular complexity index is 565. The molecule has 1 aromatic rings. The molecule has 2 saturated heterocycles. The normalized spacial score (nSPS) is 26.5. The summed E-state index contributed by atoms with van der Waals surface area (Å²) in [6.07, 6.45) is 4.79. The molecule has 0 spiro atoms. The van der Waals surface area contributed by atoms with Gasteiger partial charge in [0.15, 0.2) is 0 Å². The van der Waals surface area contributed by atoms with E-state index in [2.05, 4.69) is 15.5 Å². The van der Waals surface area contributed by atoms with Crippen LogP contribution in [0.2, 0.25) is 0 Å². The number of halogens is 1. The second-order valence-electron chi connectivity index (χ2n) is 7.04. The molecule has 0 radical (unpaired) electrons. The van der Waals surface area contributed by atoms with Gasteiger partial charge in [0.1, 0.15) is 5.82 Å². The molecule has 2 bridgehead atoms. The van der Waals surface area contributed by atoms with Crippen LogP contribution >= 0.6 is 0 Å². The molecular weight excluding hydrogens is 293 g/mol. The van der Waals surface area contributed by atoms with Crippen LogP contribution in [0.4, 0.5) is 4.39 Å². The standard InChI is InChI=1S/C18H26FN3O/c1-12-3-4-13(7-17(12)19)10-20-18(23)11-22(2)16-8-14-5-6-15(9-16)21-14/h3-4,7,14-16,21H,5-6,8-11H2,1-2H3,(H,20,23). The molecule has 2 N–H and O–H groups in total. The van der Waals surface area contributed by atoms with Gasteiger partial charge in [0.2, 0.25) is 5.91 Å². The third-order valence-corrected chi connectivity index (χ3v) is 5.19. The van der Waals surface area contributed by atoms with Crippen LogP contribution in [0.25, 0.3) is 0 Å². The molecule has 3 rings (SSSR count). The number of aryl methyl sites for hydroxylation is 1. The Morgan fingerprint density at radius 1 is 1.35 bits per heavy atom. The summed E-state index contributed by atoms with van der Waals surface area (Å²) in [5.41, 5.74) is 1.42. The number of benzene rings is 1. The van der Waals surface area contributed by atoms with Crippen molar-refractivity contribution in [3.05, 3.63) is 35.1 Å². The van der Waals surface area contributed by atoms with Gasteiger partial charge in [0, 0.05) is 24.7 Å². The van der Waals surface area contributed by atoms with Gasteiger partial charge < -0.3 is 10.6 Å². The van der Waals surface area contributed by atoms with E-state index in [0.29, 0.717) is 36.8 Å². The second-order valence-corrected chi connectivity index (χ2v) is 7.04. The minimum atomic E-state index is -0.223. The molecular formula is C18H26FN3O. The molecule has 23 heavy (non-hydrogen) atoms. The van der Waals surface area contributed by atoms with E-state index in [9.17, 15) is 9.18 Å². The number of amides is 1. The van der Waals surface area contributed by atoms with Gasteiger partial charge in [0.25, 0.3) is 0 Å². The van der Waals surface area contributed by atoms with Crippen molar-refractivity contribution in [1.82, 2.24) is 15.5 Å². The van der Waals surface area contributed by atoms with E-state index in [1.54, 1.807) is 13.0 Å². The number of piperidine rings is 1. The summed E-state index contributed by atoms with van der Waals surface area (Å²) >= 11 is 0. The van der Waals surface area contributed by atoms with Gasteiger partial charge in [-0.2, -0.15) is 0 Å². The fraction of sp³-hybridized carbons (Fsp3) is 0.611. The van der Waals surface area contributed by atoms with Gasteiger partial charge in [-0.1, -0.05) is 12.1 Å². The molecule has 2 aliphatic heterocycles. The summed E-state index contributed by atoms with van der Waals surface area (Å²) < 4.78 is 13.5. The third-order valence-electron chi connectivity index (χ3n) is 5.19. The lowest BCUT2D eigenvalue weighted by atomic mass is 9.98. The number of likely N-dealkylation sites (N-methyl/N-ethyl adjacent to an activating group) is 1. The first kappa shape index (κ1) is 16.4. The summed E-state index contributed by atoms with van der Waals surface area (Å²) in [6.45, 7) is 2.51. The largest absolute Gasteiger partial charge is 0.351 e. The highest BCUT2D eigenvalue weighted by molar-refractivity contribution is 5.78. The summed E-state index contributed by atoms with van der Waals surface area (Å²) in [5, 5.41) is 6.51. The Kier molecular flexibility index (Phi) is 4.97. The first-order chi connectivity index (χ1) is 11.0. The number of carbonyl (C=O) groups excluding carboxylic acids is 1. The van der Waals surface area contributed by atoms with Crippen molar-refractivity contribution < 1.29 is 9.18 Å². The Hall–Kier alpha value is -1.46. The molecule has 126 valence electrons. The maximum atomic E-state index is 13.5. The van der Waals surface area contributed by atoms with Crippen molar-refractivity contribution in [1.29, 1.82) is 0 Å². The van der Waals surface area contributed by atoms with E-state index in [4.69, 9.17) is 0 Å². The highest BCUT2D eigenvalue weighted by Crippen LogP contribution is 2.29. The maximum absolute atomic E-state index is 13.5. The fourth-order valence-corrected chi connectivity index (χ4v) is 3.75. The quantitative estimate of drug-likeness (QED) is 0.872. The zero-order valence-electron chi connectivity index (χ0n) is 13.9. The van der Waals surface area contributed by atoms with Crippen molar-refractivity contribution in [2.24, 2.45) is 0 Å². The van der Waals surface area contributed by atoms with Crippen molar-refractivity contribution >= 4 is 5.91 Å². The molecule has 1 amide bonds. The number of nitrogens with one attached hydrogen (secondary N) is 2. The molecule has 0 aromatic heterocycles. The van der Waals surface area contributed by atoms with Crippen LogP contribution in [-0.2, 0) is 11.3 Å². The van der Waals surface area contributed by atoms with Crippen LogP contribution in [0.5, 0.6) is 0 Å². The number of carbonyl (C=O) groups is 1. The van der Waals surface area contributed by atoms with Crippen LogP contribution in [0.3, 0.4) is 0 Å². The lowest BCUT2D eigenvalue weighted by molar-refractivity contribution is -0.122. The van der Waals surface area contributed by atoms with E-state index < -0.39 is 0 Å². The smallest absolute Gasteiger partial charge is 0.234 e. The summed E-state index contributed by atoms with van der Waals surface area (Å²) in [4.78, 5) is 14.3. The first-order valence-electron chi connectivity index (χ1n) is 8.49. The predicted octanol–water partition coefficient (Wildman–Crippen LogP) is 1.97. The van der Waals surface area contributed by atoms with Gasteiger partial charge >= 0.3 is 0 Å². The zero-order valence-corrected chi connectivity index (χ0v) is 13.9. The van der Waals surface area contributed by atoms with Crippen LogP contribution in [-0.4, -0.2) is 42.5 Å². The van der Waals surface area contributed by atoms with Gasteiger partial charge in [-0.15, -0.1) is 0 Å². The third kappa shape index (κ3) is 4.09. The number of nitrogens with zero attached hydrogens (tertiary/aromatic N) is 1. The number of rotatable bonds is 5. The number of hydrogen-bond donors (Lipinski definition) is 2. The molecule has 4 nitrogen and oxygen atoms in total. The predicted molar refractivity (Wildman–Crippen MR) is 88.6 cm³/mol. The van der Waals surface area contributed by atoms with Crippen molar-refractivity contribution in [2.75, 3.05) is 13.6 Å². The average Bonchev–Trinajstić information content (AvgIpc) is 2.86. The van der Waals surface area contributed by atoms with Gasteiger partial charge in [-0.05, 0) is 56.8 Å². The molecule has 0 aliphatic carbocycles. The first-order valence-corrected chi connectivity index (χ1v) is 8.49. The van der Waals surface area contributed by atoms with E-state index >= 15 is 0 Å². The SMILES string of the molecule is Cc1ccc(CNC(=O)CN(C)C2CC3CCC(C2)N3)cc1F. The van der Waals surface area contributed by atoms with E-state index in [0.717, 1.165) is 18.4 Å². The monoisotopic (exact) mass is 319 g/mol. The van der Waals surface area contributed by atoms with E-state index in [1.165, 1.54) is 18.9 Å². The number of fused-ring (bicyclic) bond motifs is 2. The lowest BCUT2D eigenvalue weighted by Crippen LogP contribution is -2.49. The molecule has 2 unspecified atom stereocenters. The van der Waals surface area contributed by atoms with Crippen LogP contribution < -0.4 is 10.6 Å². The van der Waals surface area contributed by atoms with Gasteiger partial charge in [-0.25, -0.2) is 4.39 Å². The minimum Gasteiger partial charge on any atom is -0.351 e. The average molecular weight is 319 g/mol. The van der Waals surface area contributed by atoms with Crippen LogP contribution in [0.15, 0.2) is 18.2 Å². The van der Waals surface area contributed by atoms with Crippen molar-refractivity contribution in [3.63, 3.8) is 0 Å². The topological polar surface area (TPSA) is 44.4 Å². The summed E-state index contributed by atoms with van der Waals surface area (Å²) in [6, 6.07) is 6.82. The molecule has 1 aromatic carbocycles. The van der Waals surface area contributed by atoms with E-state index in [1.807, 2.05) is 13.1 Å². The van der Waals surface area contributed by atoms with E-state index in [-0.39, 0.29) is 11.7 Å². The fourth-order valence-electron chi connectivity index (χ4n) is 3.75. The maximum Gasteiger partial charge on any atom is 0.234 e. The Labute approximate surface area is 137 Å². The van der Waals surface area contributed by atoms with Crippen molar-refractivity contribution in [2.45, 2.75) is 57.3 Å². The second kappa shape index (κ2) is 6.97. The molecule has 5 heteroatoms. The minimum absolute atomic E-state index is 0.000590. The highest BCUT2D eigenvalue weighted by Gasteiger charge is 2.35. The molecule has 0 saturated carbocycles. The summed E-state index contributed by atoms with van der Waals surface area (Å²) in [5.74, 6) is -0.224. The lowest BCUT2D eigenvalue weighted by Gasteiger charge is -2.35. The molecule has 2 aliphatic rings. The van der Waals surface area contributed by atoms with Crippen LogP contribution in [0, 0.1) is 12.7 Å². The number of hydrogen-bond acceptors (Lipinski definition) is 3. The Balaban J connectivity index is 1.46. The zero-order chi connectivity index (χ0) is 16.4. The highest BCUT2D eigenvalue weighted by atomic mass is 19.1. The molecule has 2 atom stereocenters. The van der Waals surface area contributed by atoms with Crippen LogP contribution in [0.1, 0.15) is 36.8 Å². The Morgan fingerprint density at radius 3 is 2.70 bits per heavy atom. The Morgan fingerprint density at radius 2 is 2.04 bits per heavy atom. The van der Waals surface area contributed by atoms with Crippen molar-refractivity contribution in [3.8, 4) is 0 Å². The van der Waals surface area contributed by atoms with Gasteiger partial charge in [-0.3, -0.25) is 9.69 Å².